The number of carbonyl (C=O) groups is 1. The van der Waals surface area contributed by atoms with Crippen LogP contribution >= 0.6 is 11.3 Å². The molecule has 0 spiro atoms. The van der Waals surface area contributed by atoms with Gasteiger partial charge in [-0.3, -0.25) is 4.79 Å². The summed E-state index contributed by atoms with van der Waals surface area (Å²) in [5, 5.41) is 3.71. The molecule has 24 heavy (non-hydrogen) atoms. The maximum atomic E-state index is 12.1. The van der Waals surface area contributed by atoms with Gasteiger partial charge in [-0.2, -0.15) is 0 Å². The van der Waals surface area contributed by atoms with Crippen LogP contribution in [0.4, 0.5) is 5.69 Å². The topological polar surface area (TPSA) is 42.0 Å². The lowest BCUT2D eigenvalue weighted by molar-refractivity contribution is -0.111. The molecule has 0 fully saturated rings. The molecule has 3 rings (SSSR count). The highest BCUT2D eigenvalue weighted by molar-refractivity contribution is 7.19. The molecule has 1 unspecified atom stereocenters. The summed E-state index contributed by atoms with van der Waals surface area (Å²) < 4.78 is 1.12. The Balaban J connectivity index is 1.64. The number of benzene rings is 2. The van der Waals surface area contributed by atoms with E-state index in [-0.39, 0.29) is 5.91 Å². The lowest BCUT2D eigenvalue weighted by Crippen LogP contribution is -2.07. The number of para-hydroxylation sites is 1. The number of hydrogen-bond donors (Lipinski definition) is 1. The number of nitrogens with one attached hydrogen (secondary N) is 1. The monoisotopic (exact) mass is 336 g/mol. The number of carbonyl (C=O) groups excluding carboxylic acids is 1. The summed E-state index contributed by atoms with van der Waals surface area (Å²) in [6, 6.07) is 16.0. The van der Waals surface area contributed by atoms with Crippen LogP contribution in [0.3, 0.4) is 0 Å². The molecule has 3 aromatic rings. The molecule has 2 aromatic carbocycles. The molecule has 4 heteroatoms. The molecule has 0 radical (unpaired) electrons. The van der Waals surface area contributed by atoms with E-state index in [0.717, 1.165) is 27.3 Å². The first kappa shape index (κ1) is 16.4. The molecule has 1 atom stereocenters. The van der Waals surface area contributed by atoms with Gasteiger partial charge in [0.1, 0.15) is 5.01 Å². The molecule has 3 nitrogen and oxygen atoms in total. The van der Waals surface area contributed by atoms with E-state index in [0.29, 0.717) is 5.92 Å². The van der Waals surface area contributed by atoms with Crippen molar-refractivity contribution >= 4 is 39.2 Å². The minimum absolute atomic E-state index is 0.148. The summed E-state index contributed by atoms with van der Waals surface area (Å²) in [5.74, 6) is 0.388. The normalized spacial score (nSPS) is 12.6. The van der Waals surface area contributed by atoms with E-state index in [1.807, 2.05) is 36.4 Å². The van der Waals surface area contributed by atoms with E-state index in [9.17, 15) is 4.79 Å². The van der Waals surface area contributed by atoms with E-state index in [2.05, 4.69) is 36.3 Å². The third kappa shape index (κ3) is 3.89. The van der Waals surface area contributed by atoms with Crippen molar-refractivity contribution < 1.29 is 4.79 Å². The fraction of sp³-hybridized carbons (Fsp3) is 0.200. The molecule has 1 N–H and O–H groups in total. The third-order valence-corrected chi connectivity index (χ3v) is 5.05. The van der Waals surface area contributed by atoms with Crippen molar-refractivity contribution in [2.24, 2.45) is 0 Å². The van der Waals surface area contributed by atoms with Crippen molar-refractivity contribution in [3.05, 3.63) is 65.2 Å². The van der Waals surface area contributed by atoms with Gasteiger partial charge in [-0.05, 0) is 48.2 Å². The van der Waals surface area contributed by atoms with Crippen LogP contribution in [0.2, 0.25) is 0 Å². The maximum absolute atomic E-state index is 12.1. The number of aromatic nitrogens is 1. The number of rotatable bonds is 5. The molecule has 0 saturated heterocycles. The predicted molar refractivity (Wildman–Crippen MR) is 102 cm³/mol. The van der Waals surface area contributed by atoms with Crippen LogP contribution in [0.15, 0.2) is 54.6 Å². The SMILES string of the molecule is CCC(C)c1ccc(NC(=O)/C=C/c2nc3ccccc3s2)cc1. The number of hydrogen-bond acceptors (Lipinski definition) is 3. The molecular weight excluding hydrogens is 316 g/mol. The van der Waals surface area contributed by atoms with Gasteiger partial charge in [0.05, 0.1) is 10.2 Å². The fourth-order valence-electron chi connectivity index (χ4n) is 2.42. The van der Waals surface area contributed by atoms with Gasteiger partial charge in [0.2, 0.25) is 5.91 Å². The summed E-state index contributed by atoms with van der Waals surface area (Å²) in [4.78, 5) is 16.5. The van der Waals surface area contributed by atoms with Crippen molar-refractivity contribution in [1.82, 2.24) is 4.98 Å². The number of fused-ring (bicyclic) bond motifs is 1. The van der Waals surface area contributed by atoms with Gasteiger partial charge < -0.3 is 5.32 Å². The Bertz CT molecular complexity index is 832. The molecule has 1 aromatic heterocycles. The average molecular weight is 336 g/mol. The summed E-state index contributed by atoms with van der Waals surface area (Å²) in [7, 11) is 0. The van der Waals surface area contributed by atoms with Crippen molar-refractivity contribution in [3.8, 4) is 0 Å². The number of thiazole rings is 1. The Kier molecular flexibility index (Phi) is 5.06. The molecule has 0 bridgehead atoms. The highest BCUT2D eigenvalue weighted by Gasteiger charge is 2.04. The van der Waals surface area contributed by atoms with Gasteiger partial charge in [0.25, 0.3) is 0 Å². The molecule has 0 aliphatic rings. The Morgan fingerprint density at radius 1 is 1.21 bits per heavy atom. The number of anilines is 1. The van der Waals surface area contributed by atoms with Crippen LogP contribution in [-0.2, 0) is 4.79 Å². The minimum Gasteiger partial charge on any atom is -0.323 e. The second-order valence-corrected chi connectivity index (χ2v) is 6.84. The van der Waals surface area contributed by atoms with Crippen LogP contribution in [-0.4, -0.2) is 10.9 Å². The fourth-order valence-corrected chi connectivity index (χ4v) is 3.29. The summed E-state index contributed by atoms with van der Waals surface area (Å²) >= 11 is 1.58. The molecular formula is C20H20N2OS. The average Bonchev–Trinajstić information content (AvgIpc) is 3.03. The zero-order valence-corrected chi connectivity index (χ0v) is 14.6. The summed E-state index contributed by atoms with van der Waals surface area (Å²) in [5.41, 5.74) is 3.06. The van der Waals surface area contributed by atoms with Gasteiger partial charge in [-0.15, -0.1) is 11.3 Å². The van der Waals surface area contributed by atoms with Crippen LogP contribution < -0.4 is 5.32 Å². The highest BCUT2D eigenvalue weighted by Crippen LogP contribution is 2.23. The third-order valence-electron chi connectivity index (χ3n) is 4.05. The first-order valence-corrected chi connectivity index (χ1v) is 8.92. The summed E-state index contributed by atoms with van der Waals surface area (Å²) in [6.07, 6.45) is 4.39. The smallest absolute Gasteiger partial charge is 0.248 e. The molecule has 0 aliphatic heterocycles. The first-order chi connectivity index (χ1) is 11.7. The largest absolute Gasteiger partial charge is 0.323 e. The number of amides is 1. The first-order valence-electron chi connectivity index (χ1n) is 8.10. The van der Waals surface area contributed by atoms with Gasteiger partial charge in [0, 0.05) is 11.8 Å². The van der Waals surface area contributed by atoms with E-state index in [1.54, 1.807) is 17.4 Å². The quantitative estimate of drug-likeness (QED) is 0.628. The summed E-state index contributed by atoms with van der Waals surface area (Å²) in [6.45, 7) is 4.38. The lowest BCUT2D eigenvalue weighted by Gasteiger charge is -2.09. The second-order valence-electron chi connectivity index (χ2n) is 5.77. The standard InChI is InChI=1S/C20H20N2OS/c1-3-14(2)15-8-10-16(11-9-15)21-19(23)12-13-20-22-17-6-4-5-7-18(17)24-20/h4-14H,3H2,1-2H3,(H,21,23)/b13-12+. The molecule has 0 aliphatic carbocycles. The molecule has 122 valence electrons. The van der Waals surface area contributed by atoms with Crippen LogP contribution in [0.1, 0.15) is 36.8 Å². The van der Waals surface area contributed by atoms with Gasteiger partial charge >= 0.3 is 0 Å². The molecule has 0 saturated carbocycles. The van der Waals surface area contributed by atoms with Gasteiger partial charge in [-0.1, -0.05) is 38.1 Å². The van der Waals surface area contributed by atoms with Crippen LogP contribution in [0, 0.1) is 0 Å². The zero-order chi connectivity index (χ0) is 16.9. The number of nitrogens with zero attached hydrogens (tertiary/aromatic N) is 1. The molecule has 1 heterocycles. The van der Waals surface area contributed by atoms with Gasteiger partial charge in [-0.25, -0.2) is 4.98 Å². The Labute approximate surface area is 146 Å². The van der Waals surface area contributed by atoms with E-state index >= 15 is 0 Å². The predicted octanol–water partition coefficient (Wildman–Crippen LogP) is 5.46. The lowest BCUT2D eigenvalue weighted by atomic mass is 9.99. The maximum Gasteiger partial charge on any atom is 0.248 e. The van der Waals surface area contributed by atoms with Crippen molar-refractivity contribution in [1.29, 1.82) is 0 Å². The van der Waals surface area contributed by atoms with Crippen molar-refractivity contribution in [3.63, 3.8) is 0 Å². The minimum atomic E-state index is -0.148. The van der Waals surface area contributed by atoms with E-state index < -0.39 is 0 Å². The molecule has 1 amide bonds. The van der Waals surface area contributed by atoms with Crippen molar-refractivity contribution in [2.75, 3.05) is 5.32 Å². The Morgan fingerprint density at radius 2 is 1.96 bits per heavy atom. The van der Waals surface area contributed by atoms with Crippen LogP contribution in [0.5, 0.6) is 0 Å². The zero-order valence-electron chi connectivity index (χ0n) is 13.8. The van der Waals surface area contributed by atoms with Crippen molar-refractivity contribution in [2.45, 2.75) is 26.2 Å². The van der Waals surface area contributed by atoms with Gasteiger partial charge in [0.15, 0.2) is 0 Å². The van der Waals surface area contributed by atoms with E-state index in [4.69, 9.17) is 0 Å². The van der Waals surface area contributed by atoms with E-state index in [1.165, 1.54) is 11.6 Å². The van der Waals surface area contributed by atoms with Crippen LogP contribution in [0.25, 0.3) is 16.3 Å². The highest BCUT2D eigenvalue weighted by atomic mass is 32.1. The second kappa shape index (κ2) is 7.41. The Hall–Kier alpha value is -2.46. The Morgan fingerprint density at radius 3 is 2.67 bits per heavy atom.